The van der Waals surface area contributed by atoms with Gasteiger partial charge in [-0.05, 0) is 38.1 Å². The van der Waals surface area contributed by atoms with Crippen molar-refractivity contribution in [1.29, 1.82) is 0 Å². The fraction of sp³-hybridized carbons (Fsp3) is 0.562. The van der Waals surface area contributed by atoms with Gasteiger partial charge in [-0.25, -0.2) is 13.1 Å². The molecule has 2 rings (SSSR count). The highest BCUT2D eigenvalue weighted by molar-refractivity contribution is 7.89. The third-order valence-corrected chi connectivity index (χ3v) is 5.54. The summed E-state index contributed by atoms with van der Waals surface area (Å²) >= 11 is 0. The maximum absolute atomic E-state index is 12.0. The Hall–Kier alpha value is -1.44. The molecule has 0 atom stereocenters. The van der Waals surface area contributed by atoms with Gasteiger partial charge in [0.05, 0.1) is 4.90 Å². The van der Waals surface area contributed by atoms with Gasteiger partial charge in [0.2, 0.25) is 15.9 Å². The van der Waals surface area contributed by atoms with Crippen molar-refractivity contribution < 1.29 is 13.2 Å². The first kappa shape index (κ1) is 17.9. The van der Waals surface area contributed by atoms with Crippen molar-refractivity contribution in [1.82, 2.24) is 14.5 Å². The number of hydrogen-bond donors (Lipinski definition) is 1. The molecule has 1 aliphatic rings. The Balaban J connectivity index is 1.71. The summed E-state index contributed by atoms with van der Waals surface area (Å²) < 4.78 is 26.6. The molecule has 1 fully saturated rings. The van der Waals surface area contributed by atoms with Gasteiger partial charge in [0.15, 0.2) is 0 Å². The molecule has 1 aliphatic heterocycles. The lowest BCUT2D eigenvalue weighted by molar-refractivity contribution is -0.129. The standard InChI is InChI=1S/C16H25N3O3S/c1-18(13-14-19-11-5-6-12-19)16(20)9-10-17-23(21,22)15-7-3-2-4-8-15/h2-4,7-8,17H,5-6,9-14H2,1H3. The van der Waals surface area contributed by atoms with E-state index in [1.54, 1.807) is 30.1 Å². The molecule has 0 bridgehead atoms. The number of likely N-dealkylation sites (N-methyl/N-ethyl adjacent to an activating group) is 1. The molecule has 0 radical (unpaired) electrons. The Bertz CT molecular complexity index is 598. The van der Waals surface area contributed by atoms with Gasteiger partial charge in [-0.2, -0.15) is 0 Å². The first-order chi connectivity index (χ1) is 11.0. The van der Waals surface area contributed by atoms with Gasteiger partial charge in [-0.3, -0.25) is 4.79 Å². The predicted octanol–water partition coefficient (Wildman–Crippen LogP) is 0.909. The average Bonchev–Trinajstić information content (AvgIpc) is 3.06. The Morgan fingerprint density at radius 1 is 1.22 bits per heavy atom. The third kappa shape index (κ3) is 5.60. The first-order valence-electron chi connectivity index (χ1n) is 8.00. The van der Waals surface area contributed by atoms with E-state index in [0.717, 1.165) is 19.6 Å². The van der Waals surface area contributed by atoms with Crippen LogP contribution in [0.5, 0.6) is 0 Å². The Labute approximate surface area is 138 Å². The Morgan fingerprint density at radius 3 is 2.52 bits per heavy atom. The van der Waals surface area contributed by atoms with E-state index in [0.29, 0.717) is 6.54 Å². The lowest BCUT2D eigenvalue weighted by atomic mass is 10.3. The van der Waals surface area contributed by atoms with Gasteiger partial charge < -0.3 is 9.80 Å². The largest absolute Gasteiger partial charge is 0.344 e. The number of likely N-dealkylation sites (tertiary alicyclic amines) is 1. The van der Waals surface area contributed by atoms with E-state index >= 15 is 0 Å². The fourth-order valence-corrected chi connectivity index (χ4v) is 3.64. The van der Waals surface area contributed by atoms with E-state index in [1.165, 1.54) is 25.0 Å². The Kier molecular flexibility index (Phi) is 6.56. The first-order valence-corrected chi connectivity index (χ1v) is 9.48. The zero-order valence-electron chi connectivity index (χ0n) is 13.6. The molecule has 1 aromatic rings. The zero-order valence-corrected chi connectivity index (χ0v) is 14.4. The van der Waals surface area contributed by atoms with Crippen molar-refractivity contribution in [2.45, 2.75) is 24.2 Å². The maximum atomic E-state index is 12.0. The van der Waals surface area contributed by atoms with Crippen LogP contribution in [0.4, 0.5) is 0 Å². The summed E-state index contributed by atoms with van der Waals surface area (Å²) in [5, 5.41) is 0. The van der Waals surface area contributed by atoms with Gasteiger partial charge in [-0.1, -0.05) is 18.2 Å². The zero-order chi connectivity index (χ0) is 16.7. The number of hydrogen-bond acceptors (Lipinski definition) is 4. The van der Waals surface area contributed by atoms with Crippen LogP contribution in [-0.2, 0) is 14.8 Å². The van der Waals surface area contributed by atoms with E-state index in [9.17, 15) is 13.2 Å². The van der Waals surface area contributed by atoms with Gasteiger partial charge in [0.1, 0.15) is 0 Å². The van der Waals surface area contributed by atoms with Crippen molar-refractivity contribution in [3.63, 3.8) is 0 Å². The fourth-order valence-electron chi connectivity index (χ4n) is 2.59. The van der Waals surface area contributed by atoms with Crippen LogP contribution in [0.3, 0.4) is 0 Å². The molecule has 1 saturated heterocycles. The lowest BCUT2D eigenvalue weighted by Gasteiger charge is -2.21. The quantitative estimate of drug-likeness (QED) is 0.764. The topological polar surface area (TPSA) is 69.7 Å². The lowest BCUT2D eigenvalue weighted by Crippen LogP contribution is -2.37. The summed E-state index contributed by atoms with van der Waals surface area (Å²) in [5.41, 5.74) is 0. The molecule has 0 spiro atoms. The summed E-state index contributed by atoms with van der Waals surface area (Å²) in [6.07, 6.45) is 2.64. The van der Waals surface area contributed by atoms with Crippen LogP contribution in [0.15, 0.2) is 35.2 Å². The number of sulfonamides is 1. The number of carbonyl (C=O) groups is 1. The van der Waals surface area contributed by atoms with Crippen LogP contribution in [-0.4, -0.2) is 63.9 Å². The molecular weight excluding hydrogens is 314 g/mol. The SMILES string of the molecule is CN(CCN1CCCC1)C(=O)CCNS(=O)(=O)c1ccccc1. The molecule has 23 heavy (non-hydrogen) atoms. The van der Waals surface area contributed by atoms with Gasteiger partial charge >= 0.3 is 0 Å². The molecule has 1 N–H and O–H groups in total. The molecule has 128 valence electrons. The van der Waals surface area contributed by atoms with Crippen molar-refractivity contribution in [2.75, 3.05) is 39.8 Å². The molecule has 7 heteroatoms. The summed E-state index contributed by atoms with van der Waals surface area (Å²) in [6, 6.07) is 8.17. The highest BCUT2D eigenvalue weighted by atomic mass is 32.2. The van der Waals surface area contributed by atoms with Gasteiger partial charge in [-0.15, -0.1) is 0 Å². The third-order valence-electron chi connectivity index (χ3n) is 4.06. The smallest absolute Gasteiger partial charge is 0.240 e. The highest BCUT2D eigenvalue weighted by Gasteiger charge is 2.16. The van der Waals surface area contributed by atoms with Gasteiger partial charge in [0, 0.05) is 33.1 Å². The molecular formula is C16H25N3O3S. The number of benzene rings is 1. The second kappa shape index (κ2) is 8.42. The molecule has 0 saturated carbocycles. The van der Waals surface area contributed by atoms with Crippen LogP contribution in [0.1, 0.15) is 19.3 Å². The second-order valence-electron chi connectivity index (χ2n) is 5.82. The molecule has 1 aromatic carbocycles. The van der Waals surface area contributed by atoms with E-state index in [4.69, 9.17) is 0 Å². The number of nitrogens with one attached hydrogen (secondary N) is 1. The van der Waals surface area contributed by atoms with Crippen LogP contribution in [0, 0.1) is 0 Å². The van der Waals surface area contributed by atoms with E-state index in [-0.39, 0.29) is 23.8 Å². The maximum Gasteiger partial charge on any atom is 0.240 e. The molecule has 1 amide bonds. The van der Waals surface area contributed by atoms with Crippen molar-refractivity contribution in [2.24, 2.45) is 0 Å². The monoisotopic (exact) mass is 339 g/mol. The van der Waals surface area contributed by atoms with E-state index < -0.39 is 10.0 Å². The van der Waals surface area contributed by atoms with Crippen LogP contribution in [0.25, 0.3) is 0 Å². The number of carbonyl (C=O) groups excluding carboxylic acids is 1. The van der Waals surface area contributed by atoms with Crippen LogP contribution >= 0.6 is 0 Å². The molecule has 1 heterocycles. The average molecular weight is 339 g/mol. The van der Waals surface area contributed by atoms with Crippen LogP contribution < -0.4 is 4.72 Å². The molecule has 0 aliphatic carbocycles. The van der Waals surface area contributed by atoms with E-state index in [2.05, 4.69) is 9.62 Å². The number of rotatable bonds is 8. The van der Waals surface area contributed by atoms with Crippen LogP contribution in [0.2, 0.25) is 0 Å². The minimum Gasteiger partial charge on any atom is -0.344 e. The van der Waals surface area contributed by atoms with Crippen molar-refractivity contribution >= 4 is 15.9 Å². The minimum absolute atomic E-state index is 0.0417. The minimum atomic E-state index is -3.54. The predicted molar refractivity (Wildman–Crippen MR) is 89.6 cm³/mol. The summed E-state index contributed by atoms with van der Waals surface area (Å²) in [4.78, 5) is 16.3. The number of amides is 1. The van der Waals surface area contributed by atoms with Crippen molar-refractivity contribution in [3.8, 4) is 0 Å². The normalized spacial score (nSPS) is 15.7. The number of nitrogens with zero attached hydrogens (tertiary/aromatic N) is 2. The Morgan fingerprint density at radius 2 is 1.87 bits per heavy atom. The highest BCUT2D eigenvalue weighted by Crippen LogP contribution is 2.08. The molecule has 0 unspecified atom stereocenters. The molecule has 0 aromatic heterocycles. The van der Waals surface area contributed by atoms with E-state index in [1.807, 2.05) is 0 Å². The second-order valence-corrected chi connectivity index (χ2v) is 7.59. The molecule has 6 nitrogen and oxygen atoms in total. The van der Waals surface area contributed by atoms with Crippen molar-refractivity contribution in [3.05, 3.63) is 30.3 Å². The van der Waals surface area contributed by atoms with Gasteiger partial charge in [0.25, 0.3) is 0 Å². The summed E-state index contributed by atoms with van der Waals surface area (Å²) in [5.74, 6) is -0.0417. The summed E-state index contributed by atoms with van der Waals surface area (Å²) in [7, 11) is -1.77. The summed E-state index contributed by atoms with van der Waals surface area (Å²) in [6.45, 7) is 3.91.